The lowest BCUT2D eigenvalue weighted by molar-refractivity contribution is -0.136. The molecule has 0 unspecified atom stereocenters. The zero-order valence-corrected chi connectivity index (χ0v) is 20.4. The normalized spacial score (nSPS) is 10.9. The molecule has 0 saturated heterocycles. The lowest BCUT2D eigenvalue weighted by Crippen LogP contribution is -2.33. The van der Waals surface area contributed by atoms with Crippen molar-refractivity contribution in [2.75, 3.05) is 12.4 Å². The maximum Gasteiger partial charge on any atom is 0.343 e. The summed E-state index contributed by atoms with van der Waals surface area (Å²) in [5.41, 5.74) is 6.01. The van der Waals surface area contributed by atoms with E-state index >= 15 is 0 Å². The third-order valence-corrected chi connectivity index (χ3v) is 5.28. The predicted octanol–water partition coefficient (Wildman–Crippen LogP) is 4.66. The zero-order chi connectivity index (χ0) is 25.5. The van der Waals surface area contributed by atoms with Crippen LogP contribution in [0.5, 0.6) is 11.5 Å². The number of hydrogen-bond acceptors (Lipinski definition) is 6. The minimum absolute atomic E-state index is 0.209. The van der Waals surface area contributed by atoms with Gasteiger partial charge in [-0.25, -0.2) is 10.2 Å². The van der Waals surface area contributed by atoms with Crippen LogP contribution in [0.25, 0.3) is 0 Å². The van der Waals surface area contributed by atoms with E-state index in [1.807, 2.05) is 26.0 Å². The van der Waals surface area contributed by atoms with Gasteiger partial charge in [-0.1, -0.05) is 29.3 Å². The Balaban J connectivity index is 1.66. The zero-order valence-electron chi connectivity index (χ0n) is 19.6. The number of halogens is 1. The Hall–Kier alpha value is -4.17. The van der Waals surface area contributed by atoms with Crippen LogP contribution in [-0.4, -0.2) is 30.6 Å². The lowest BCUT2D eigenvalue weighted by Gasteiger charge is -2.11. The number of hydrogen-bond donors (Lipinski definition) is 2. The summed E-state index contributed by atoms with van der Waals surface area (Å²) in [6.07, 6.45) is 0. The Bertz CT molecular complexity index is 1300. The fourth-order valence-electron chi connectivity index (χ4n) is 3.10. The molecule has 0 atom stereocenters. The molecule has 3 aromatic rings. The summed E-state index contributed by atoms with van der Waals surface area (Å²) in [6.45, 7) is 5.43. The number of rotatable bonds is 6. The molecular formula is C26H24ClN3O5. The third-order valence-electron chi connectivity index (χ3n) is 5.03. The van der Waals surface area contributed by atoms with Crippen LogP contribution in [0.2, 0.25) is 5.02 Å². The SMILES string of the molecule is COc1cc(/C(C)=N/NC(=O)C(=O)Nc2ccc(C)cc2C)ccc1OC(=O)c1ccc(Cl)cc1. The van der Waals surface area contributed by atoms with Gasteiger partial charge in [-0.05, 0) is 74.9 Å². The number of aryl methyl sites for hydroxylation is 2. The molecule has 0 bridgehead atoms. The number of amides is 2. The third kappa shape index (κ3) is 6.68. The van der Waals surface area contributed by atoms with E-state index < -0.39 is 17.8 Å². The average Bonchev–Trinajstić information content (AvgIpc) is 2.84. The van der Waals surface area contributed by atoms with Crippen molar-refractivity contribution in [1.29, 1.82) is 0 Å². The number of esters is 1. The van der Waals surface area contributed by atoms with Crippen molar-refractivity contribution in [2.24, 2.45) is 5.10 Å². The summed E-state index contributed by atoms with van der Waals surface area (Å²) < 4.78 is 10.8. The molecule has 0 aliphatic heterocycles. The summed E-state index contributed by atoms with van der Waals surface area (Å²) in [7, 11) is 1.43. The molecule has 3 rings (SSSR count). The summed E-state index contributed by atoms with van der Waals surface area (Å²) in [5, 5.41) is 7.07. The van der Waals surface area contributed by atoms with Gasteiger partial charge in [0.25, 0.3) is 0 Å². The van der Waals surface area contributed by atoms with E-state index in [9.17, 15) is 14.4 Å². The lowest BCUT2D eigenvalue weighted by atomic mass is 10.1. The smallest absolute Gasteiger partial charge is 0.343 e. The standard InChI is InChI=1S/C26H24ClN3O5/c1-15-5-11-21(16(2)13-15)28-24(31)25(32)30-29-17(3)19-8-12-22(23(14-19)34-4)35-26(33)18-6-9-20(27)10-7-18/h5-14H,1-4H3,(H,28,31)(H,30,32)/b29-17+. The maximum absolute atomic E-state index is 12.4. The van der Waals surface area contributed by atoms with E-state index in [0.29, 0.717) is 33.3 Å². The molecule has 0 aliphatic carbocycles. The van der Waals surface area contributed by atoms with Crippen molar-refractivity contribution in [1.82, 2.24) is 5.43 Å². The van der Waals surface area contributed by atoms with Crippen molar-refractivity contribution in [2.45, 2.75) is 20.8 Å². The van der Waals surface area contributed by atoms with Crippen molar-refractivity contribution < 1.29 is 23.9 Å². The molecule has 0 aromatic heterocycles. The fourth-order valence-corrected chi connectivity index (χ4v) is 3.23. The highest BCUT2D eigenvalue weighted by Crippen LogP contribution is 2.29. The topological polar surface area (TPSA) is 106 Å². The maximum atomic E-state index is 12.4. The van der Waals surface area contributed by atoms with Crippen LogP contribution in [0.4, 0.5) is 5.69 Å². The van der Waals surface area contributed by atoms with Gasteiger partial charge in [-0.3, -0.25) is 9.59 Å². The number of nitrogens with zero attached hydrogens (tertiary/aromatic N) is 1. The molecular weight excluding hydrogens is 470 g/mol. The number of nitrogens with one attached hydrogen (secondary N) is 2. The van der Waals surface area contributed by atoms with Crippen molar-refractivity contribution >= 4 is 40.8 Å². The Labute approximate surface area is 207 Å². The Morgan fingerprint density at radius 3 is 2.20 bits per heavy atom. The monoisotopic (exact) mass is 493 g/mol. The highest BCUT2D eigenvalue weighted by molar-refractivity contribution is 6.39. The number of anilines is 1. The van der Waals surface area contributed by atoms with Crippen LogP contribution in [-0.2, 0) is 9.59 Å². The van der Waals surface area contributed by atoms with Crippen LogP contribution in [0.15, 0.2) is 65.8 Å². The van der Waals surface area contributed by atoms with Gasteiger partial charge in [0.2, 0.25) is 0 Å². The second kappa shape index (κ2) is 11.3. The number of benzene rings is 3. The van der Waals surface area contributed by atoms with E-state index in [2.05, 4.69) is 15.8 Å². The quantitative estimate of drug-likeness (QED) is 0.171. The molecule has 8 nitrogen and oxygen atoms in total. The second-order valence-corrected chi connectivity index (χ2v) is 8.11. The minimum Gasteiger partial charge on any atom is -0.493 e. The highest BCUT2D eigenvalue weighted by atomic mass is 35.5. The minimum atomic E-state index is -0.912. The molecule has 2 amide bonds. The fraction of sp³-hybridized carbons (Fsp3) is 0.154. The van der Waals surface area contributed by atoms with E-state index in [1.165, 1.54) is 7.11 Å². The predicted molar refractivity (Wildman–Crippen MR) is 134 cm³/mol. The first-order valence-electron chi connectivity index (χ1n) is 10.6. The first kappa shape index (κ1) is 25.5. The Morgan fingerprint density at radius 2 is 1.54 bits per heavy atom. The first-order chi connectivity index (χ1) is 16.7. The molecule has 0 heterocycles. The van der Waals surface area contributed by atoms with Gasteiger partial charge in [-0.15, -0.1) is 0 Å². The van der Waals surface area contributed by atoms with E-state index in [-0.39, 0.29) is 5.75 Å². The Morgan fingerprint density at radius 1 is 0.857 bits per heavy atom. The molecule has 0 saturated carbocycles. The summed E-state index contributed by atoms with van der Waals surface area (Å²) in [4.78, 5) is 36.8. The number of methoxy groups -OCH3 is 1. The first-order valence-corrected chi connectivity index (χ1v) is 10.9. The number of carbonyl (C=O) groups excluding carboxylic acids is 3. The van der Waals surface area contributed by atoms with Gasteiger partial charge >= 0.3 is 17.8 Å². The van der Waals surface area contributed by atoms with Crippen molar-refractivity contribution in [3.8, 4) is 11.5 Å². The van der Waals surface area contributed by atoms with Crippen LogP contribution in [0.1, 0.15) is 34.0 Å². The van der Waals surface area contributed by atoms with Gasteiger partial charge in [0, 0.05) is 16.3 Å². The molecule has 3 aromatic carbocycles. The molecule has 0 aliphatic rings. The van der Waals surface area contributed by atoms with Gasteiger partial charge in [0.15, 0.2) is 11.5 Å². The van der Waals surface area contributed by atoms with E-state index in [1.54, 1.807) is 55.5 Å². The summed E-state index contributed by atoms with van der Waals surface area (Å²) in [6, 6.07) is 16.6. The van der Waals surface area contributed by atoms with Crippen LogP contribution >= 0.6 is 11.6 Å². The second-order valence-electron chi connectivity index (χ2n) is 7.67. The van der Waals surface area contributed by atoms with Crippen LogP contribution < -0.4 is 20.2 Å². The van der Waals surface area contributed by atoms with Crippen LogP contribution in [0.3, 0.4) is 0 Å². The number of carbonyl (C=O) groups is 3. The highest BCUT2D eigenvalue weighted by Gasteiger charge is 2.16. The van der Waals surface area contributed by atoms with Gasteiger partial charge in [0.1, 0.15) is 0 Å². The van der Waals surface area contributed by atoms with Crippen molar-refractivity contribution in [3.63, 3.8) is 0 Å². The molecule has 0 radical (unpaired) electrons. The summed E-state index contributed by atoms with van der Waals surface area (Å²) in [5.74, 6) is -1.82. The molecule has 35 heavy (non-hydrogen) atoms. The largest absolute Gasteiger partial charge is 0.493 e. The Kier molecular flexibility index (Phi) is 8.22. The average molecular weight is 494 g/mol. The van der Waals surface area contributed by atoms with Gasteiger partial charge < -0.3 is 14.8 Å². The molecule has 0 spiro atoms. The molecule has 0 fully saturated rings. The van der Waals surface area contributed by atoms with E-state index in [4.69, 9.17) is 21.1 Å². The van der Waals surface area contributed by atoms with Crippen LogP contribution in [0, 0.1) is 13.8 Å². The molecule has 2 N–H and O–H groups in total. The van der Waals surface area contributed by atoms with E-state index in [0.717, 1.165) is 11.1 Å². The van der Waals surface area contributed by atoms with Crippen molar-refractivity contribution in [3.05, 3.63) is 87.9 Å². The summed E-state index contributed by atoms with van der Waals surface area (Å²) >= 11 is 5.85. The number of ether oxygens (including phenoxy) is 2. The molecule has 180 valence electrons. The number of hydrazone groups is 1. The van der Waals surface area contributed by atoms with Gasteiger partial charge in [0.05, 0.1) is 18.4 Å². The molecule has 9 heteroatoms. The van der Waals surface area contributed by atoms with Gasteiger partial charge in [-0.2, -0.15) is 5.10 Å².